The average molecular weight is 434 g/mol. The molecule has 1 amide bonds. The van der Waals surface area contributed by atoms with Crippen molar-refractivity contribution in [1.82, 2.24) is 25.5 Å². The molecule has 2 aromatic rings. The second-order valence-corrected chi connectivity index (χ2v) is 8.40. The Morgan fingerprint density at radius 2 is 1.67 bits per heavy atom. The highest BCUT2D eigenvalue weighted by Gasteiger charge is 2.16. The summed E-state index contributed by atoms with van der Waals surface area (Å²) in [6, 6.07) is 7.46. The number of aromatic nitrogens is 4. The minimum absolute atomic E-state index is 0.0570. The summed E-state index contributed by atoms with van der Waals surface area (Å²) in [5.74, 6) is 0.994. The number of nitrogens with one attached hydrogen (secondary N) is 1. The number of rotatable bonds is 6. The number of carbonyl (C=O) groups excluding carboxylic acids is 1. The highest BCUT2D eigenvalue weighted by Crippen LogP contribution is 2.23. The maximum atomic E-state index is 12.6. The van der Waals surface area contributed by atoms with Gasteiger partial charge in [0.1, 0.15) is 18.9 Å². The van der Waals surface area contributed by atoms with Crippen LogP contribution in [0.25, 0.3) is 0 Å². The minimum atomic E-state index is -0.0570. The molecule has 0 bridgehead atoms. The Kier molecular flexibility index (Phi) is 9.41. The molecular weight excluding hydrogens is 402 g/mol. The zero-order valence-corrected chi connectivity index (χ0v) is 18.3. The van der Waals surface area contributed by atoms with Gasteiger partial charge in [-0.25, -0.2) is 4.68 Å². The summed E-state index contributed by atoms with van der Waals surface area (Å²) in [7, 11) is 0. The van der Waals surface area contributed by atoms with Crippen molar-refractivity contribution in [3.63, 3.8) is 0 Å². The first kappa shape index (κ1) is 22.5. The fourth-order valence-corrected chi connectivity index (χ4v) is 4.06. The number of hydrogen-bond acceptors (Lipinski definition) is 5. The molecule has 1 saturated carbocycles. The molecule has 0 atom stereocenters. The molecule has 1 fully saturated rings. The molecule has 0 spiro atoms. The van der Waals surface area contributed by atoms with Crippen molar-refractivity contribution in [2.24, 2.45) is 0 Å². The lowest BCUT2D eigenvalue weighted by Gasteiger charge is -2.19. The Balaban J connectivity index is 1.50. The summed E-state index contributed by atoms with van der Waals surface area (Å²) in [5, 5.41) is 15.4. The fraction of sp³-hybridized carbons (Fsp3) is 0.636. The maximum Gasteiger partial charge on any atom is 0.242 e. The molecule has 1 aromatic heterocycles. The SMILES string of the molecule is O=C(Cn1nnnc1COc1ccccc1Cl)NC1CCCCCCCCCCC1. The van der Waals surface area contributed by atoms with Gasteiger partial charge in [0.25, 0.3) is 0 Å². The Labute approximate surface area is 183 Å². The van der Waals surface area contributed by atoms with Crippen molar-refractivity contribution in [2.75, 3.05) is 0 Å². The summed E-state index contributed by atoms with van der Waals surface area (Å²) in [6.07, 6.45) is 13.6. The second kappa shape index (κ2) is 12.5. The Morgan fingerprint density at radius 1 is 1.03 bits per heavy atom. The van der Waals surface area contributed by atoms with E-state index in [2.05, 4.69) is 20.8 Å². The molecule has 0 radical (unpaired) electrons. The van der Waals surface area contributed by atoms with Crippen LogP contribution in [0.15, 0.2) is 24.3 Å². The van der Waals surface area contributed by atoms with E-state index in [4.69, 9.17) is 16.3 Å². The van der Waals surface area contributed by atoms with Gasteiger partial charge in [0.2, 0.25) is 5.91 Å². The van der Waals surface area contributed by atoms with Crippen molar-refractivity contribution in [3.8, 4) is 5.75 Å². The summed E-state index contributed by atoms with van der Waals surface area (Å²) in [4.78, 5) is 12.6. The van der Waals surface area contributed by atoms with Crippen molar-refractivity contribution >= 4 is 17.5 Å². The van der Waals surface area contributed by atoms with E-state index in [0.717, 1.165) is 12.8 Å². The summed E-state index contributed by atoms with van der Waals surface area (Å²) < 4.78 is 7.19. The van der Waals surface area contributed by atoms with Gasteiger partial charge in [-0.3, -0.25) is 4.79 Å². The van der Waals surface area contributed by atoms with Gasteiger partial charge in [-0.2, -0.15) is 0 Å². The Morgan fingerprint density at radius 3 is 2.33 bits per heavy atom. The standard InChI is InChI=1S/C22H32ClN5O2/c23-19-14-10-11-15-20(19)30-17-21-25-26-27-28(21)16-22(29)24-18-12-8-6-4-2-1-3-5-7-9-13-18/h10-11,14-15,18H,1-9,12-13,16-17H2,(H,24,29). The number of halogens is 1. The first-order valence-corrected chi connectivity index (χ1v) is 11.5. The third-order valence-corrected chi connectivity index (χ3v) is 5.88. The summed E-state index contributed by atoms with van der Waals surface area (Å²) in [6.45, 7) is 0.234. The van der Waals surface area contributed by atoms with Crippen LogP contribution in [-0.4, -0.2) is 32.2 Å². The highest BCUT2D eigenvalue weighted by molar-refractivity contribution is 6.32. The number of benzene rings is 1. The molecule has 164 valence electrons. The smallest absolute Gasteiger partial charge is 0.242 e. The third kappa shape index (κ3) is 7.59. The van der Waals surface area contributed by atoms with Gasteiger partial charge in [0.05, 0.1) is 5.02 Å². The lowest BCUT2D eigenvalue weighted by atomic mass is 9.98. The molecule has 1 aliphatic rings. The van der Waals surface area contributed by atoms with Crippen LogP contribution >= 0.6 is 11.6 Å². The number of amides is 1. The number of ether oxygens (including phenoxy) is 1. The number of carbonyl (C=O) groups is 1. The normalized spacial score (nSPS) is 17.0. The van der Waals surface area contributed by atoms with Crippen LogP contribution in [0, 0.1) is 0 Å². The molecule has 8 heteroatoms. The third-order valence-electron chi connectivity index (χ3n) is 5.56. The average Bonchev–Trinajstić information content (AvgIpc) is 3.16. The first-order chi connectivity index (χ1) is 14.7. The van der Waals surface area contributed by atoms with Crippen LogP contribution in [0.5, 0.6) is 5.75 Å². The number of tetrazole rings is 1. The summed E-state index contributed by atoms with van der Waals surface area (Å²) in [5.41, 5.74) is 0. The molecule has 1 N–H and O–H groups in total. The van der Waals surface area contributed by atoms with E-state index in [1.807, 2.05) is 12.1 Å². The lowest BCUT2D eigenvalue weighted by Crippen LogP contribution is -2.37. The van der Waals surface area contributed by atoms with E-state index < -0.39 is 0 Å². The van der Waals surface area contributed by atoms with Crippen molar-refractivity contribution < 1.29 is 9.53 Å². The predicted molar refractivity (Wildman–Crippen MR) is 116 cm³/mol. The van der Waals surface area contributed by atoms with Crippen LogP contribution in [0.3, 0.4) is 0 Å². The zero-order chi connectivity index (χ0) is 21.0. The molecule has 7 nitrogen and oxygen atoms in total. The van der Waals surface area contributed by atoms with Gasteiger partial charge in [0.15, 0.2) is 5.82 Å². The van der Waals surface area contributed by atoms with E-state index >= 15 is 0 Å². The van der Waals surface area contributed by atoms with Crippen LogP contribution in [0.4, 0.5) is 0 Å². The van der Waals surface area contributed by atoms with Gasteiger partial charge < -0.3 is 10.1 Å². The Bertz CT molecular complexity index is 770. The van der Waals surface area contributed by atoms with Gasteiger partial charge in [0, 0.05) is 6.04 Å². The molecule has 0 unspecified atom stereocenters. The van der Waals surface area contributed by atoms with E-state index in [0.29, 0.717) is 16.6 Å². The largest absolute Gasteiger partial charge is 0.484 e. The maximum absolute atomic E-state index is 12.6. The molecule has 1 aromatic carbocycles. The van der Waals surface area contributed by atoms with Crippen LogP contribution < -0.4 is 10.1 Å². The van der Waals surface area contributed by atoms with Gasteiger partial charge in [-0.1, -0.05) is 81.5 Å². The van der Waals surface area contributed by atoms with Gasteiger partial charge in [-0.15, -0.1) is 5.10 Å². The van der Waals surface area contributed by atoms with Crippen molar-refractivity contribution in [3.05, 3.63) is 35.1 Å². The van der Waals surface area contributed by atoms with Gasteiger partial charge in [-0.05, 0) is 35.4 Å². The van der Waals surface area contributed by atoms with Crippen molar-refractivity contribution in [1.29, 1.82) is 0 Å². The van der Waals surface area contributed by atoms with Crippen LogP contribution in [0.2, 0.25) is 5.02 Å². The number of nitrogens with zero attached hydrogens (tertiary/aromatic N) is 4. The Hall–Kier alpha value is -2.15. The number of hydrogen-bond donors (Lipinski definition) is 1. The monoisotopic (exact) mass is 433 g/mol. The van der Waals surface area contributed by atoms with Crippen LogP contribution in [-0.2, 0) is 17.9 Å². The zero-order valence-electron chi connectivity index (χ0n) is 17.6. The van der Waals surface area contributed by atoms with Crippen LogP contribution in [0.1, 0.15) is 76.5 Å². The second-order valence-electron chi connectivity index (χ2n) is 8.00. The molecule has 0 saturated heterocycles. The highest BCUT2D eigenvalue weighted by atomic mass is 35.5. The van der Waals surface area contributed by atoms with E-state index in [1.54, 1.807) is 12.1 Å². The topological polar surface area (TPSA) is 81.9 Å². The predicted octanol–water partition coefficient (Wildman–Crippen LogP) is 4.70. The summed E-state index contributed by atoms with van der Waals surface area (Å²) >= 11 is 6.12. The quantitative estimate of drug-likeness (QED) is 0.714. The lowest BCUT2D eigenvalue weighted by molar-refractivity contribution is -0.122. The molecular formula is C22H32ClN5O2. The van der Waals surface area contributed by atoms with E-state index in [9.17, 15) is 4.79 Å². The molecule has 0 aliphatic heterocycles. The molecule has 1 heterocycles. The molecule has 1 aliphatic carbocycles. The molecule has 3 rings (SSSR count). The minimum Gasteiger partial charge on any atom is -0.484 e. The van der Waals surface area contributed by atoms with Gasteiger partial charge >= 0.3 is 0 Å². The fourth-order valence-electron chi connectivity index (χ4n) is 3.87. The van der Waals surface area contributed by atoms with E-state index in [-0.39, 0.29) is 25.1 Å². The first-order valence-electron chi connectivity index (χ1n) is 11.1. The van der Waals surface area contributed by atoms with Crippen molar-refractivity contribution in [2.45, 2.75) is 89.8 Å². The number of para-hydroxylation sites is 1. The molecule has 30 heavy (non-hydrogen) atoms. The van der Waals surface area contributed by atoms with E-state index in [1.165, 1.54) is 62.5 Å².